The molecule has 0 aromatic rings. The van der Waals surface area contributed by atoms with Gasteiger partial charge in [0.15, 0.2) is 0 Å². The van der Waals surface area contributed by atoms with Crippen molar-refractivity contribution in [2.75, 3.05) is 13.7 Å². The first-order valence-electron chi connectivity index (χ1n) is 4.75. The van der Waals surface area contributed by atoms with Crippen LogP contribution in [0.3, 0.4) is 0 Å². The molecule has 1 aliphatic heterocycles. The third kappa shape index (κ3) is 1.30. The minimum atomic E-state index is -2.61. The molecule has 1 saturated carbocycles. The van der Waals surface area contributed by atoms with Gasteiger partial charge in [-0.05, 0) is 12.3 Å². The number of hydrogen-bond acceptors (Lipinski definition) is 3. The molecule has 80 valence electrons. The van der Waals surface area contributed by atoms with Gasteiger partial charge in [0.1, 0.15) is 6.04 Å². The van der Waals surface area contributed by atoms with Crippen molar-refractivity contribution in [1.82, 2.24) is 5.32 Å². The van der Waals surface area contributed by atoms with Gasteiger partial charge in [-0.15, -0.1) is 0 Å². The van der Waals surface area contributed by atoms with Crippen LogP contribution in [0.15, 0.2) is 0 Å². The molecule has 0 aromatic heterocycles. The van der Waals surface area contributed by atoms with Crippen LogP contribution in [0.1, 0.15) is 12.8 Å². The standard InChI is InChI=1S/C9H13F2NO2/c1-14-8(13)7-5-2-3-9(10,11)6(5)4-12-7/h5-7,12H,2-4H2,1H3/t5-,6-,7-/m0/s1. The number of halogens is 2. The first-order valence-corrected chi connectivity index (χ1v) is 4.75. The maximum Gasteiger partial charge on any atom is 0.323 e. The minimum Gasteiger partial charge on any atom is -0.468 e. The summed E-state index contributed by atoms with van der Waals surface area (Å²) in [6.45, 7) is 0.220. The Morgan fingerprint density at radius 2 is 2.29 bits per heavy atom. The number of carbonyl (C=O) groups excluding carboxylic acids is 1. The van der Waals surface area contributed by atoms with E-state index in [4.69, 9.17) is 0 Å². The maximum atomic E-state index is 13.2. The number of ether oxygens (including phenoxy) is 1. The summed E-state index contributed by atoms with van der Waals surface area (Å²) < 4.78 is 31.1. The van der Waals surface area contributed by atoms with E-state index < -0.39 is 23.9 Å². The van der Waals surface area contributed by atoms with Crippen molar-refractivity contribution in [1.29, 1.82) is 0 Å². The first-order chi connectivity index (χ1) is 6.56. The molecule has 3 nitrogen and oxygen atoms in total. The van der Waals surface area contributed by atoms with E-state index in [0.29, 0.717) is 6.42 Å². The lowest BCUT2D eigenvalue weighted by Gasteiger charge is -2.17. The molecule has 2 rings (SSSR count). The third-order valence-corrected chi connectivity index (χ3v) is 3.31. The topological polar surface area (TPSA) is 38.3 Å². The second-order valence-corrected chi connectivity index (χ2v) is 3.98. The van der Waals surface area contributed by atoms with E-state index >= 15 is 0 Å². The Kier molecular flexibility index (Phi) is 2.21. The van der Waals surface area contributed by atoms with Crippen LogP contribution in [0.2, 0.25) is 0 Å². The van der Waals surface area contributed by atoms with E-state index in [-0.39, 0.29) is 18.9 Å². The van der Waals surface area contributed by atoms with E-state index in [9.17, 15) is 13.6 Å². The van der Waals surface area contributed by atoms with Crippen LogP contribution in [0.5, 0.6) is 0 Å². The molecule has 1 N–H and O–H groups in total. The highest BCUT2D eigenvalue weighted by molar-refractivity contribution is 5.76. The Labute approximate surface area is 80.8 Å². The summed E-state index contributed by atoms with van der Waals surface area (Å²) in [5.41, 5.74) is 0. The van der Waals surface area contributed by atoms with Crippen LogP contribution in [0.25, 0.3) is 0 Å². The normalized spacial score (nSPS) is 39.5. The van der Waals surface area contributed by atoms with Crippen LogP contribution in [-0.4, -0.2) is 31.6 Å². The molecule has 0 aromatic carbocycles. The molecular weight excluding hydrogens is 192 g/mol. The van der Waals surface area contributed by atoms with Gasteiger partial charge in [-0.2, -0.15) is 0 Å². The summed E-state index contributed by atoms with van der Waals surface area (Å²) in [4.78, 5) is 11.2. The van der Waals surface area contributed by atoms with Gasteiger partial charge in [-0.25, -0.2) is 8.78 Å². The van der Waals surface area contributed by atoms with Gasteiger partial charge in [0.2, 0.25) is 0 Å². The lowest BCUT2D eigenvalue weighted by Crippen LogP contribution is -2.36. The molecule has 2 fully saturated rings. The second kappa shape index (κ2) is 3.15. The van der Waals surface area contributed by atoms with E-state index in [1.54, 1.807) is 0 Å². The Bertz CT molecular complexity index is 257. The maximum absolute atomic E-state index is 13.2. The number of carbonyl (C=O) groups is 1. The molecule has 0 bridgehead atoms. The molecule has 5 heteroatoms. The molecule has 0 amide bonds. The van der Waals surface area contributed by atoms with E-state index in [1.807, 2.05) is 0 Å². The van der Waals surface area contributed by atoms with Crippen LogP contribution < -0.4 is 5.32 Å². The number of methoxy groups -OCH3 is 1. The van der Waals surface area contributed by atoms with Crippen molar-refractivity contribution in [2.45, 2.75) is 24.8 Å². The third-order valence-electron chi connectivity index (χ3n) is 3.31. The monoisotopic (exact) mass is 205 g/mol. The largest absolute Gasteiger partial charge is 0.468 e. The SMILES string of the molecule is COC(=O)[C@H]1NC[C@H]2[C@@H]1CCC2(F)F. The highest BCUT2D eigenvalue weighted by Crippen LogP contribution is 2.48. The smallest absolute Gasteiger partial charge is 0.323 e. The van der Waals surface area contributed by atoms with Gasteiger partial charge in [0.05, 0.1) is 7.11 Å². The minimum absolute atomic E-state index is 0.0997. The molecule has 1 heterocycles. The molecule has 14 heavy (non-hydrogen) atoms. The van der Waals surface area contributed by atoms with Crippen molar-refractivity contribution in [3.8, 4) is 0 Å². The Hall–Kier alpha value is -0.710. The van der Waals surface area contributed by atoms with Crippen molar-refractivity contribution in [3.63, 3.8) is 0 Å². The summed E-state index contributed by atoms with van der Waals surface area (Å²) in [6.07, 6.45) is 0.307. The van der Waals surface area contributed by atoms with Crippen molar-refractivity contribution in [2.24, 2.45) is 11.8 Å². The second-order valence-electron chi connectivity index (χ2n) is 3.98. The molecule has 0 radical (unpaired) electrons. The van der Waals surface area contributed by atoms with Gasteiger partial charge in [0, 0.05) is 18.9 Å². The van der Waals surface area contributed by atoms with Crippen LogP contribution in [0.4, 0.5) is 8.78 Å². The zero-order valence-electron chi connectivity index (χ0n) is 7.93. The summed E-state index contributed by atoms with van der Waals surface area (Å²) in [5.74, 6) is -3.97. The molecule has 2 aliphatic rings. The summed E-state index contributed by atoms with van der Waals surface area (Å²) in [5, 5.41) is 2.81. The molecule has 1 saturated heterocycles. The predicted octanol–water partition coefficient (Wildman–Crippen LogP) is 0.793. The quantitative estimate of drug-likeness (QED) is 0.643. The Morgan fingerprint density at radius 1 is 1.57 bits per heavy atom. The highest BCUT2D eigenvalue weighted by Gasteiger charge is 2.57. The molecule has 0 unspecified atom stereocenters. The average Bonchev–Trinajstić information content (AvgIpc) is 2.67. The highest BCUT2D eigenvalue weighted by atomic mass is 19.3. The van der Waals surface area contributed by atoms with Crippen LogP contribution in [0, 0.1) is 11.8 Å². The van der Waals surface area contributed by atoms with Crippen molar-refractivity contribution < 1.29 is 18.3 Å². The molecular formula is C9H13F2NO2. The number of hydrogen-bond donors (Lipinski definition) is 1. The fourth-order valence-electron chi connectivity index (χ4n) is 2.55. The van der Waals surface area contributed by atoms with Crippen LogP contribution in [-0.2, 0) is 9.53 Å². The van der Waals surface area contributed by atoms with Gasteiger partial charge in [-0.1, -0.05) is 0 Å². The lowest BCUT2D eigenvalue weighted by molar-refractivity contribution is -0.143. The van der Waals surface area contributed by atoms with Gasteiger partial charge < -0.3 is 10.1 Å². The Balaban J connectivity index is 2.12. The fourth-order valence-corrected chi connectivity index (χ4v) is 2.55. The zero-order valence-corrected chi connectivity index (χ0v) is 7.93. The number of nitrogens with one attached hydrogen (secondary N) is 1. The van der Waals surface area contributed by atoms with Crippen molar-refractivity contribution in [3.05, 3.63) is 0 Å². The fraction of sp³-hybridized carbons (Fsp3) is 0.889. The molecule has 0 spiro atoms. The molecule has 1 aliphatic carbocycles. The van der Waals surface area contributed by atoms with Gasteiger partial charge in [-0.3, -0.25) is 4.79 Å². The lowest BCUT2D eigenvalue weighted by atomic mass is 9.93. The number of fused-ring (bicyclic) bond motifs is 1. The van der Waals surface area contributed by atoms with E-state index in [2.05, 4.69) is 10.1 Å². The van der Waals surface area contributed by atoms with Gasteiger partial charge in [0.25, 0.3) is 5.92 Å². The predicted molar refractivity (Wildman–Crippen MR) is 45.0 cm³/mol. The van der Waals surface area contributed by atoms with Gasteiger partial charge >= 0.3 is 5.97 Å². The summed E-state index contributed by atoms with van der Waals surface area (Å²) in [7, 11) is 1.28. The van der Waals surface area contributed by atoms with Crippen molar-refractivity contribution >= 4 is 5.97 Å². The Morgan fingerprint density at radius 3 is 2.93 bits per heavy atom. The average molecular weight is 205 g/mol. The molecule has 3 atom stereocenters. The summed E-state index contributed by atoms with van der Waals surface area (Å²) in [6, 6.07) is -0.529. The number of rotatable bonds is 1. The van der Waals surface area contributed by atoms with Crippen LogP contribution >= 0.6 is 0 Å². The first kappa shape index (κ1) is 9.83. The summed E-state index contributed by atoms with van der Waals surface area (Å²) >= 11 is 0. The number of esters is 1. The number of alkyl halides is 2. The zero-order chi connectivity index (χ0) is 10.3. The van der Waals surface area contributed by atoms with E-state index in [1.165, 1.54) is 7.11 Å². The van der Waals surface area contributed by atoms with E-state index in [0.717, 1.165) is 0 Å².